The number of para-hydroxylation sites is 2. The van der Waals surface area contributed by atoms with Crippen molar-refractivity contribution in [3.05, 3.63) is 78.4 Å². The summed E-state index contributed by atoms with van der Waals surface area (Å²) in [6.45, 7) is 0. The molecule has 0 spiro atoms. The summed E-state index contributed by atoms with van der Waals surface area (Å²) in [6.07, 6.45) is 0. The zero-order valence-electron chi connectivity index (χ0n) is 13.2. The number of carbonyl (C=O) groups excluding carboxylic acids is 1. The number of anilines is 2. The standard InChI is InChI=1S/C20H15N3O2/c24-20(23-25)13-6-5-7-14(12-13)21-19-15-8-1-3-10-17(15)22-18-11-4-2-9-16(18)19/h1-12,25H,(H,21,22)(H,23,24). The third kappa shape index (κ3) is 2.77. The quantitative estimate of drug-likeness (QED) is 0.298. The molecular weight excluding hydrogens is 314 g/mol. The van der Waals surface area contributed by atoms with Gasteiger partial charge in [-0.25, -0.2) is 10.5 Å². The first kappa shape index (κ1) is 15.1. The number of pyridine rings is 1. The molecule has 0 radical (unpaired) electrons. The Morgan fingerprint density at radius 3 is 2.12 bits per heavy atom. The molecule has 1 aromatic heterocycles. The van der Waals surface area contributed by atoms with E-state index in [4.69, 9.17) is 10.2 Å². The highest BCUT2D eigenvalue weighted by molar-refractivity contribution is 6.08. The number of nitrogens with zero attached hydrogens (tertiary/aromatic N) is 1. The van der Waals surface area contributed by atoms with Gasteiger partial charge in [0.15, 0.2) is 0 Å². The van der Waals surface area contributed by atoms with Crippen LogP contribution in [0.4, 0.5) is 11.4 Å². The zero-order valence-corrected chi connectivity index (χ0v) is 13.2. The summed E-state index contributed by atoms with van der Waals surface area (Å²) < 4.78 is 0. The van der Waals surface area contributed by atoms with Crippen LogP contribution in [0.25, 0.3) is 21.8 Å². The van der Waals surface area contributed by atoms with Crippen LogP contribution in [-0.2, 0) is 0 Å². The minimum Gasteiger partial charge on any atom is -0.354 e. The van der Waals surface area contributed by atoms with Crippen molar-refractivity contribution in [2.45, 2.75) is 0 Å². The molecule has 3 N–H and O–H groups in total. The Balaban J connectivity index is 1.89. The lowest BCUT2D eigenvalue weighted by Crippen LogP contribution is -2.18. The van der Waals surface area contributed by atoms with E-state index >= 15 is 0 Å². The van der Waals surface area contributed by atoms with Gasteiger partial charge in [0.25, 0.3) is 5.91 Å². The van der Waals surface area contributed by atoms with Crippen LogP contribution in [0.3, 0.4) is 0 Å². The number of hydrogen-bond donors (Lipinski definition) is 3. The third-order valence-electron chi connectivity index (χ3n) is 4.08. The molecule has 4 aromatic rings. The van der Waals surface area contributed by atoms with Gasteiger partial charge < -0.3 is 5.32 Å². The zero-order chi connectivity index (χ0) is 17.2. The molecule has 0 bridgehead atoms. The number of rotatable bonds is 3. The predicted molar refractivity (Wildman–Crippen MR) is 98.2 cm³/mol. The molecule has 4 rings (SSSR count). The summed E-state index contributed by atoms with van der Waals surface area (Å²) >= 11 is 0. The number of aromatic nitrogens is 1. The van der Waals surface area contributed by atoms with Crippen molar-refractivity contribution in [2.75, 3.05) is 5.32 Å². The monoisotopic (exact) mass is 329 g/mol. The van der Waals surface area contributed by atoms with E-state index in [0.29, 0.717) is 5.56 Å². The molecule has 1 heterocycles. The van der Waals surface area contributed by atoms with Crippen LogP contribution >= 0.6 is 0 Å². The molecule has 0 atom stereocenters. The van der Waals surface area contributed by atoms with Crippen molar-refractivity contribution >= 4 is 39.1 Å². The second kappa shape index (κ2) is 6.22. The van der Waals surface area contributed by atoms with E-state index in [2.05, 4.69) is 5.32 Å². The summed E-state index contributed by atoms with van der Waals surface area (Å²) in [7, 11) is 0. The topological polar surface area (TPSA) is 74.2 Å². The van der Waals surface area contributed by atoms with Crippen molar-refractivity contribution in [1.82, 2.24) is 10.5 Å². The Bertz CT molecular complexity index is 1040. The van der Waals surface area contributed by atoms with Crippen molar-refractivity contribution < 1.29 is 10.0 Å². The fraction of sp³-hybridized carbons (Fsp3) is 0. The summed E-state index contributed by atoms with van der Waals surface area (Å²) in [5, 5.41) is 14.2. The number of hydroxylamine groups is 1. The highest BCUT2D eigenvalue weighted by atomic mass is 16.5. The molecule has 0 saturated carbocycles. The average Bonchev–Trinajstić information content (AvgIpc) is 2.67. The second-order valence-corrected chi connectivity index (χ2v) is 5.67. The van der Waals surface area contributed by atoms with Gasteiger partial charge in [0, 0.05) is 22.0 Å². The van der Waals surface area contributed by atoms with Gasteiger partial charge in [-0.15, -0.1) is 0 Å². The maximum atomic E-state index is 11.6. The van der Waals surface area contributed by atoms with Crippen molar-refractivity contribution in [3.63, 3.8) is 0 Å². The largest absolute Gasteiger partial charge is 0.354 e. The van der Waals surface area contributed by atoms with Gasteiger partial charge in [-0.05, 0) is 30.3 Å². The second-order valence-electron chi connectivity index (χ2n) is 5.67. The van der Waals surface area contributed by atoms with Crippen LogP contribution in [0.5, 0.6) is 0 Å². The van der Waals surface area contributed by atoms with E-state index in [1.807, 2.05) is 54.6 Å². The van der Waals surface area contributed by atoms with Gasteiger partial charge in [-0.1, -0.05) is 42.5 Å². The van der Waals surface area contributed by atoms with Crippen LogP contribution in [0.2, 0.25) is 0 Å². The summed E-state index contributed by atoms with van der Waals surface area (Å²) in [5.41, 5.74) is 5.50. The Morgan fingerprint density at radius 2 is 1.48 bits per heavy atom. The van der Waals surface area contributed by atoms with Crippen molar-refractivity contribution in [2.24, 2.45) is 0 Å². The molecule has 5 nitrogen and oxygen atoms in total. The van der Waals surface area contributed by atoms with Crippen LogP contribution in [0, 0.1) is 0 Å². The number of nitrogens with one attached hydrogen (secondary N) is 2. The van der Waals surface area contributed by atoms with Crippen LogP contribution in [0.15, 0.2) is 72.8 Å². The minimum absolute atomic E-state index is 0.371. The number of benzene rings is 3. The van der Waals surface area contributed by atoms with Crippen molar-refractivity contribution in [1.29, 1.82) is 0 Å². The summed E-state index contributed by atoms with van der Waals surface area (Å²) in [5.74, 6) is -0.548. The SMILES string of the molecule is O=C(NO)c1cccc(Nc2c3ccccc3nc3ccccc23)c1. The smallest absolute Gasteiger partial charge is 0.274 e. The van der Waals surface area contributed by atoms with Gasteiger partial charge in [-0.2, -0.15) is 0 Å². The number of carbonyl (C=O) groups is 1. The molecule has 0 aliphatic heterocycles. The fourth-order valence-electron chi connectivity index (χ4n) is 2.92. The van der Waals surface area contributed by atoms with Gasteiger partial charge in [-0.3, -0.25) is 10.0 Å². The molecular formula is C20H15N3O2. The molecule has 25 heavy (non-hydrogen) atoms. The number of fused-ring (bicyclic) bond motifs is 2. The Morgan fingerprint density at radius 1 is 0.840 bits per heavy atom. The Labute approximate surface area is 143 Å². The Hall–Kier alpha value is -3.44. The van der Waals surface area contributed by atoms with Gasteiger partial charge in [0.05, 0.1) is 16.7 Å². The summed E-state index contributed by atoms with van der Waals surface area (Å²) in [6, 6.07) is 22.8. The maximum Gasteiger partial charge on any atom is 0.274 e. The lowest BCUT2D eigenvalue weighted by Gasteiger charge is -2.14. The van der Waals surface area contributed by atoms with E-state index in [9.17, 15) is 4.79 Å². The van der Waals surface area contributed by atoms with Crippen LogP contribution in [0.1, 0.15) is 10.4 Å². The lowest BCUT2D eigenvalue weighted by atomic mass is 10.1. The molecule has 0 aliphatic rings. The Kier molecular flexibility index (Phi) is 3.76. The van der Waals surface area contributed by atoms with Crippen molar-refractivity contribution in [3.8, 4) is 0 Å². The molecule has 1 amide bonds. The molecule has 5 heteroatoms. The lowest BCUT2D eigenvalue weighted by molar-refractivity contribution is 0.0706. The molecule has 0 aliphatic carbocycles. The number of amides is 1. The normalized spacial score (nSPS) is 10.8. The average molecular weight is 329 g/mol. The first-order valence-electron chi connectivity index (χ1n) is 7.85. The van der Waals surface area contributed by atoms with E-state index < -0.39 is 5.91 Å². The minimum atomic E-state index is -0.548. The molecule has 3 aromatic carbocycles. The van der Waals surface area contributed by atoms with Crippen LogP contribution in [-0.4, -0.2) is 16.1 Å². The van der Waals surface area contributed by atoms with Gasteiger partial charge in [0.2, 0.25) is 0 Å². The first-order valence-corrected chi connectivity index (χ1v) is 7.85. The highest BCUT2D eigenvalue weighted by Gasteiger charge is 2.10. The van der Waals surface area contributed by atoms with Gasteiger partial charge >= 0.3 is 0 Å². The third-order valence-corrected chi connectivity index (χ3v) is 4.08. The molecule has 0 fully saturated rings. The first-order chi connectivity index (χ1) is 12.3. The predicted octanol–water partition coefficient (Wildman–Crippen LogP) is 4.25. The van der Waals surface area contributed by atoms with E-state index in [1.165, 1.54) is 0 Å². The van der Waals surface area contributed by atoms with E-state index in [-0.39, 0.29) is 0 Å². The molecule has 122 valence electrons. The van der Waals surface area contributed by atoms with E-state index in [1.54, 1.807) is 23.7 Å². The summed E-state index contributed by atoms with van der Waals surface area (Å²) in [4.78, 5) is 16.3. The van der Waals surface area contributed by atoms with Gasteiger partial charge in [0.1, 0.15) is 0 Å². The number of hydrogen-bond acceptors (Lipinski definition) is 4. The van der Waals surface area contributed by atoms with Crippen LogP contribution < -0.4 is 10.8 Å². The van der Waals surface area contributed by atoms with E-state index in [0.717, 1.165) is 33.2 Å². The fourth-order valence-corrected chi connectivity index (χ4v) is 2.92. The maximum absolute atomic E-state index is 11.6. The molecule has 0 saturated heterocycles. The molecule has 0 unspecified atom stereocenters. The highest BCUT2D eigenvalue weighted by Crippen LogP contribution is 2.33.